The molecule has 2 aliphatic rings. The molecule has 8 nitrogen and oxygen atoms in total. The van der Waals surface area contributed by atoms with Gasteiger partial charge in [0, 0.05) is 39.0 Å². The summed E-state index contributed by atoms with van der Waals surface area (Å²) in [5.74, 6) is -4.09. The topological polar surface area (TPSA) is 113 Å². The van der Waals surface area contributed by atoms with Crippen molar-refractivity contribution in [1.29, 1.82) is 21.0 Å². The zero-order valence-electron chi connectivity index (χ0n) is 25.1. The Bertz CT molecular complexity index is 2470. The monoisotopic (exact) mass is 702 g/mol. The highest BCUT2D eigenvalue weighted by Crippen LogP contribution is 2.62. The number of nitrogens with zero attached hydrogens (tertiary/aromatic N) is 8. The molecule has 0 radical (unpaired) electrons. The minimum Gasteiger partial charge on any atom is -0.238 e. The van der Waals surface area contributed by atoms with E-state index in [1.165, 1.54) is 6.07 Å². The number of alkyl halides is 6. The largest absolute Gasteiger partial charge is 0.417 e. The van der Waals surface area contributed by atoms with Crippen LogP contribution in [0.2, 0.25) is 0 Å². The molecule has 0 bridgehead atoms. The predicted molar refractivity (Wildman–Crippen MR) is 165 cm³/mol. The molecule has 0 heterocycles. The van der Waals surface area contributed by atoms with E-state index in [4.69, 9.17) is 26.3 Å². The lowest BCUT2D eigenvalue weighted by Crippen LogP contribution is -2.20. The summed E-state index contributed by atoms with van der Waals surface area (Å²) in [5.41, 5.74) is -23.0. The number of hydrogen-bond donors (Lipinski definition) is 0. The van der Waals surface area contributed by atoms with Crippen LogP contribution in [0.1, 0.15) is 55.6 Å². The highest BCUT2D eigenvalue weighted by atomic mass is 19.4. The Hall–Kier alpha value is -8.02. The van der Waals surface area contributed by atoms with E-state index in [1.54, 1.807) is 12.1 Å². The van der Waals surface area contributed by atoms with E-state index in [0.717, 1.165) is 42.5 Å². The van der Waals surface area contributed by atoms with Gasteiger partial charge in [-0.15, -0.1) is 0 Å². The van der Waals surface area contributed by atoms with Crippen molar-refractivity contribution in [3.8, 4) is 24.3 Å². The Balaban J connectivity index is 2.18. The summed E-state index contributed by atoms with van der Waals surface area (Å²) in [6.45, 7) is 29.8. The number of rotatable bonds is 2. The first kappa shape index (κ1) is 35.3. The molecular weight excluding hydrogens is 696 g/mol. The number of fused-ring (bicyclic) bond motifs is 2. The van der Waals surface area contributed by atoms with Gasteiger partial charge in [0.2, 0.25) is 11.4 Å². The molecule has 16 heteroatoms. The smallest absolute Gasteiger partial charge is 0.238 e. The number of allylic oxidation sites excluding steroid dienone is 6. The quantitative estimate of drug-likeness (QED) is 0.150. The van der Waals surface area contributed by atoms with Gasteiger partial charge in [0.15, 0.2) is 17.2 Å². The third-order valence-electron chi connectivity index (χ3n) is 7.77. The summed E-state index contributed by atoms with van der Waals surface area (Å²) >= 11 is 0. The van der Waals surface area contributed by atoms with E-state index in [-0.39, 0.29) is 22.5 Å². The van der Waals surface area contributed by atoms with Crippen molar-refractivity contribution in [1.82, 2.24) is 0 Å². The van der Waals surface area contributed by atoms with Gasteiger partial charge in [0.1, 0.15) is 18.0 Å². The van der Waals surface area contributed by atoms with Crippen LogP contribution in [0.25, 0.3) is 53.1 Å². The first-order valence-electron chi connectivity index (χ1n) is 13.7. The van der Waals surface area contributed by atoms with Crippen LogP contribution in [0, 0.1) is 71.6 Å². The fraction of sp³-hybridized carbons (Fsp3) is 0.0556. The van der Waals surface area contributed by atoms with Crippen molar-refractivity contribution in [2.75, 3.05) is 0 Å². The molecule has 2 aliphatic carbocycles. The lowest BCUT2D eigenvalue weighted by atomic mass is 9.81. The van der Waals surface area contributed by atoms with E-state index in [2.05, 4.69) is 19.4 Å². The minimum atomic E-state index is -5.90. The first-order valence-corrected chi connectivity index (χ1v) is 13.7. The van der Waals surface area contributed by atoms with Crippen LogP contribution in [-0.2, 0) is 12.4 Å². The second-order valence-electron chi connectivity index (χ2n) is 10.5. The third kappa shape index (κ3) is 5.24. The van der Waals surface area contributed by atoms with Gasteiger partial charge in [0.25, 0.3) is 0 Å². The zero-order valence-corrected chi connectivity index (χ0v) is 25.1. The second kappa shape index (κ2) is 12.5. The van der Waals surface area contributed by atoms with Crippen LogP contribution < -0.4 is 0 Å². The first-order chi connectivity index (χ1) is 24.6. The van der Waals surface area contributed by atoms with Crippen molar-refractivity contribution in [2.24, 2.45) is 0 Å². The summed E-state index contributed by atoms with van der Waals surface area (Å²) in [6.07, 6.45) is -11.8. The SMILES string of the molecule is [C-]#[N+]C1=C(F)/C(=C(\[N+]#[C-])c2cc(C#N)cc([N+]#[C-])c2)c2c1c(C(F)(F)F)c1c(c2C(F)(F)F)/C(=C(/C#N)c2cc(C#N)cc([N+]#[C-])c2)C(F)=C1C#N. The fourth-order valence-electron chi connectivity index (χ4n) is 5.94. The Morgan fingerprint density at radius 3 is 1.52 bits per heavy atom. The molecule has 0 N–H and O–H groups in total. The standard InChI is InChI=1S/C36H6F8N8/c1-49-19-7-15(11-45)5-17(9-19)21(13-47)24-25-23(22(14-48)31(24)37)29(35(39,40)41)27-26(30(25)36(42,43)44)28(32(38)34(27)52-4)33(51-3)18-6-16(12-46)8-20(10-18)50-2/h5-10H/b24-21+,33-28-. The molecule has 52 heavy (non-hydrogen) atoms. The summed E-state index contributed by atoms with van der Waals surface area (Å²) in [7, 11) is 0. The van der Waals surface area contributed by atoms with E-state index in [0.29, 0.717) is 0 Å². The van der Waals surface area contributed by atoms with Gasteiger partial charge >= 0.3 is 12.4 Å². The van der Waals surface area contributed by atoms with Crippen molar-refractivity contribution >= 4 is 45.1 Å². The average Bonchev–Trinajstić information content (AvgIpc) is 3.55. The number of halogens is 8. The molecule has 0 atom stereocenters. The summed E-state index contributed by atoms with van der Waals surface area (Å²) in [5, 5.41) is 38.9. The Morgan fingerprint density at radius 2 is 1.08 bits per heavy atom. The molecule has 3 aromatic rings. The minimum absolute atomic E-state index is 0.355. The van der Waals surface area contributed by atoms with Gasteiger partial charge < -0.3 is 0 Å². The van der Waals surface area contributed by atoms with E-state index in [9.17, 15) is 21.0 Å². The number of hydrogen-bond acceptors (Lipinski definition) is 4. The van der Waals surface area contributed by atoms with E-state index < -0.39 is 102 Å². The Kier molecular flexibility index (Phi) is 8.45. The van der Waals surface area contributed by atoms with Crippen molar-refractivity contribution in [3.05, 3.63) is 149 Å². The predicted octanol–water partition coefficient (Wildman–Crippen LogP) is 10.6. The summed E-state index contributed by atoms with van der Waals surface area (Å²) in [4.78, 5) is 11.9. The van der Waals surface area contributed by atoms with Gasteiger partial charge in [-0.2, -0.15) is 47.4 Å². The van der Waals surface area contributed by atoms with Crippen molar-refractivity contribution in [3.63, 3.8) is 0 Å². The fourth-order valence-corrected chi connectivity index (χ4v) is 5.94. The number of benzene rings is 3. The maximum atomic E-state index is 16.4. The Morgan fingerprint density at radius 1 is 0.577 bits per heavy atom. The average molecular weight is 702 g/mol. The van der Waals surface area contributed by atoms with Gasteiger partial charge in [-0.25, -0.2) is 28.2 Å². The van der Waals surface area contributed by atoms with E-state index in [1.807, 2.05) is 0 Å². The highest BCUT2D eigenvalue weighted by Gasteiger charge is 2.54. The highest BCUT2D eigenvalue weighted by molar-refractivity contribution is 6.19. The van der Waals surface area contributed by atoms with Crippen LogP contribution in [-0.4, -0.2) is 0 Å². The zero-order chi connectivity index (χ0) is 38.4. The molecule has 246 valence electrons. The molecular formula is C36H6F8N8. The molecule has 0 saturated carbocycles. The van der Waals surface area contributed by atoms with Gasteiger partial charge in [-0.3, -0.25) is 0 Å². The maximum Gasteiger partial charge on any atom is 0.417 e. The van der Waals surface area contributed by atoms with Crippen LogP contribution in [0.3, 0.4) is 0 Å². The third-order valence-corrected chi connectivity index (χ3v) is 7.77. The lowest BCUT2D eigenvalue weighted by Gasteiger charge is -2.25. The van der Waals surface area contributed by atoms with Crippen LogP contribution in [0.4, 0.5) is 46.5 Å². The van der Waals surface area contributed by atoms with Crippen LogP contribution in [0.5, 0.6) is 0 Å². The molecule has 3 aromatic carbocycles. The normalized spacial score (nSPS) is 15.1. The molecule has 0 spiro atoms. The molecule has 0 fully saturated rings. The van der Waals surface area contributed by atoms with E-state index >= 15 is 35.1 Å². The lowest BCUT2D eigenvalue weighted by molar-refractivity contribution is -0.141. The molecule has 5 rings (SSSR count). The molecule has 0 saturated heterocycles. The molecule has 0 aromatic heterocycles. The second-order valence-corrected chi connectivity index (χ2v) is 10.5. The van der Waals surface area contributed by atoms with Gasteiger partial charge in [-0.1, -0.05) is 12.1 Å². The maximum absolute atomic E-state index is 16.4. The van der Waals surface area contributed by atoms with Gasteiger partial charge in [-0.05, 0) is 41.0 Å². The number of nitriles is 4. The van der Waals surface area contributed by atoms with Gasteiger partial charge in [0.05, 0.1) is 60.7 Å². The molecule has 0 aliphatic heterocycles. The summed E-state index contributed by atoms with van der Waals surface area (Å²) < 4.78 is 125. The van der Waals surface area contributed by atoms with Crippen molar-refractivity contribution < 1.29 is 35.1 Å². The summed E-state index contributed by atoms with van der Waals surface area (Å²) in [6, 6.07) is 11.1. The van der Waals surface area contributed by atoms with Crippen LogP contribution in [0.15, 0.2) is 48.1 Å². The van der Waals surface area contributed by atoms with Crippen LogP contribution >= 0.6 is 0 Å². The molecule has 0 amide bonds. The molecule has 0 unspecified atom stereocenters. The Labute approximate surface area is 287 Å². The van der Waals surface area contributed by atoms with Crippen molar-refractivity contribution in [2.45, 2.75) is 12.4 Å².